The van der Waals surface area contributed by atoms with Crippen molar-refractivity contribution in [3.05, 3.63) is 29.3 Å². The largest absolute Gasteiger partial charge is 0.497 e. The van der Waals surface area contributed by atoms with E-state index in [-0.39, 0.29) is 0 Å². The molecule has 0 spiro atoms. The molecule has 0 bridgehead atoms. The molecule has 0 radical (unpaired) electrons. The third-order valence-corrected chi connectivity index (χ3v) is 5.09. The van der Waals surface area contributed by atoms with E-state index in [0.717, 1.165) is 12.3 Å². The zero-order valence-corrected chi connectivity index (χ0v) is 13.4. The molecule has 1 aromatic carbocycles. The summed E-state index contributed by atoms with van der Waals surface area (Å²) >= 11 is 0. The van der Waals surface area contributed by atoms with Crippen molar-refractivity contribution in [1.82, 2.24) is 10.2 Å². The molecule has 116 valence electrons. The molecule has 1 aliphatic heterocycles. The summed E-state index contributed by atoms with van der Waals surface area (Å²) in [5.74, 6) is 0.982. The van der Waals surface area contributed by atoms with E-state index in [2.05, 4.69) is 35.3 Å². The molecule has 2 aliphatic rings. The van der Waals surface area contributed by atoms with Gasteiger partial charge in [0, 0.05) is 18.6 Å². The van der Waals surface area contributed by atoms with Gasteiger partial charge in [-0.3, -0.25) is 4.90 Å². The van der Waals surface area contributed by atoms with Crippen LogP contribution in [0.3, 0.4) is 0 Å². The topological polar surface area (TPSA) is 24.5 Å². The minimum atomic E-state index is 0.494. The Kier molecular flexibility index (Phi) is 4.81. The van der Waals surface area contributed by atoms with E-state index >= 15 is 0 Å². The molecule has 0 aromatic heterocycles. The first-order valence-electron chi connectivity index (χ1n) is 8.42. The van der Waals surface area contributed by atoms with E-state index in [9.17, 15) is 0 Å². The molecular formula is C18H28N2O. The standard InChI is InChI=1S/C18H28N2O/c1-14(20-10-3-4-11-20)13-19-18-7-5-6-15-8-9-16(21-2)12-17(15)18/h8-9,12,14,18-19H,3-7,10-11,13H2,1-2H3. The summed E-state index contributed by atoms with van der Waals surface area (Å²) in [7, 11) is 1.75. The first kappa shape index (κ1) is 14.9. The normalized spacial score (nSPS) is 23.8. The maximum atomic E-state index is 5.40. The Labute approximate surface area is 128 Å². The molecule has 1 aliphatic carbocycles. The van der Waals surface area contributed by atoms with Crippen LogP contribution in [0.15, 0.2) is 18.2 Å². The average Bonchev–Trinajstić information content (AvgIpc) is 3.06. The van der Waals surface area contributed by atoms with Gasteiger partial charge in [-0.1, -0.05) is 6.07 Å². The SMILES string of the molecule is COc1ccc2c(c1)C(NCC(C)N1CCCC1)CCC2. The van der Waals surface area contributed by atoms with E-state index in [0.29, 0.717) is 12.1 Å². The number of nitrogens with one attached hydrogen (secondary N) is 1. The molecule has 2 atom stereocenters. The second-order valence-corrected chi connectivity index (χ2v) is 6.51. The number of benzene rings is 1. The summed E-state index contributed by atoms with van der Waals surface area (Å²) in [5.41, 5.74) is 2.95. The van der Waals surface area contributed by atoms with Crippen molar-refractivity contribution in [2.75, 3.05) is 26.7 Å². The van der Waals surface area contributed by atoms with E-state index < -0.39 is 0 Å². The monoisotopic (exact) mass is 288 g/mol. The van der Waals surface area contributed by atoms with Crippen LogP contribution in [0.1, 0.15) is 49.8 Å². The zero-order chi connectivity index (χ0) is 14.7. The number of rotatable bonds is 5. The van der Waals surface area contributed by atoms with Gasteiger partial charge < -0.3 is 10.1 Å². The van der Waals surface area contributed by atoms with Gasteiger partial charge >= 0.3 is 0 Å². The van der Waals surface area contributed by atoms with Crippen molar-refractivity contribution in [3.8, 4) is 5.75 Å². The van der Waals surface area contributed by atoms with Crippen LogP contribution in [0.25, 0.3) is 0 Å². The van der Waals surface area contributed by atoms with Gasteiger partial charge in [0.05, 0.1) is 7.11 Å². The van der Waals surface area contributed by atoms with Crippen molar-refractivity contribution in [2.45, 2.75) is 51.1 Å². The van der Waals surface area contributed by atoms with Crippen LogP contribution in [-0.2, 0) is 6.42 Å². The van der Waals surface area contributed by atoms with Gasteiger partial charge in [0.1, 0.15) is 5.75 Å². The molecular weight excluding hydrogens is 260 g/mol. The molecule has 1 aromatic rings. The molecule has 21 heavy (non-hydrogen) atoms. The maximum Gasteiger partial charge on any atom is 0.119 e. The number of hydrogen-bond donors (Lipinski definition) is 1. The molecule has 0 saturated carbocycles. The first-order chi connectivity index (χ1) is 10.3. The lowest BCUT2D eigenvalue weighted by atomic mass is 9.87. The van der Waals surface area contributed by atoms with Gasteiger partial charge in [0.2, 0.25) is 0 Å². The second-order valence-electron chi connectivity index (χ2n) is 6.51. The highest BCUT2D eigenvalue weighted by Crippen LogP contribution is 2.32. The van der Waals surface area contributed by atoms with Gasteiger partial charge in [0.15, 0.2) is 0 Å². The summed E-state index contributed by atoms with van der Waals surface area (Å²) in [6.45, 7) is 5.99. The van der Waals surface area contributed by atoms with E-state index in [1.54, 1.807) is 7.11 Å². The van der Waals surface area contributed by atoms with Crippen molar-refractivity contribution in [1.29, 1.82) is 0 Å². The molecule has 3 nitrogen and oxygen atoms in total. The fourth-order valence-electron chi connectivity index (χ4n) is 3.74. The molecule has 1 fully saturated rings. The minimum absolute atomic E-state index is 0.494. The quantitative estimate of drug-likeness (QED) is 0.901. The summed E-state index contributed by atoms with van der Waals surface area (Å²) in [5, 5.41) is 3.81. The zero-order valence-electron chi connectivity index (χ0n) is 13.4. The Morgan fingerprint density at radius 3 is 2.86 bits per heavy atom. The van der Waals surface area contributed by atoms with Gasteiger partial charge in [-0.05, 0) is 75.4 Å². The molecule has 2 unspecified atom stereocenters. The van der Waals surface area contributed by atoms with Gasteiger partial charge in [-0.15, -0.1) is 0 Å². The van der Waals surface area contributed by atoms with Crippen LogP contribution in [0.5, 0.6) is 5.75 Å². The third kappa shape index (κ3) is 3.41. The number of nitrogens with zero attached hydrogens (tertiary/aromatic N) is 1. The summed E-state index contributed by atoms with van der Waals surface area (Å²) in [6, 6.07) is 7.70. The summed E-state index contributed by atoms with van der Waals surface area (Å²) < 4.78 is 5.40. The highest BCUT2D eigenvalue weighted by molar-refractivity contribution is 5.39. The van der Waals surface area contributed by atoms with Crippen molar-refractivity contribution in [2.24, 2.45) is 0 Å². The highest BCUT2D eigenvalue weighted by Gasteiger charge is 2.23. The van der Waals surface area contributed by atoms with Gasteiger partial charge in [0.25, 0.3) is 0 Å². The fraction of sp³-hybridized carbons (Fsp3) is 0.667. The van der Waals surface area contributed by atoms with Crippen LogP contribution < -0.4 is 10.1 Å². The number of likely N-dealkylation sites (tertiary alicyclic amines) is 1. The Hall–Kier alpha value is -1.06. The first-order valence-corrected chi connectivity index (χ1v) is 8.42. The molecule has 3 rings (SSSR count). The number of fused-ring (bicyclic) bond motifs is 1. The highest BCUT2D eigenvalue weighted by atomic mass is 16.5. The Bertz CT molecular complexity index is 468. The molecule has 1 heterocycles. The minimum Gasteiger partial charge on any atom is -0.497 e. The van der Waals surface area contributed by atoms with Crippen molar-refractivity contribution < 1.29 is 4.74 Å². The van der Waals surface area contributed by atoms with Crippen LogP contribution in [0.4, 0.5) is 0 Å². The number of methoxy groups -OCH3 is 1. The fourth-order valence-corrected chi connectivity index (χ4v) is 3.74. The van der Waals surface area contributed by atoms with E-state index in [1.807, 2.05) is 0 Å². The molecule has 0 amide bonds. The number of hydrogen-bond acceptors (Lipinski definition) is 3. The lowest BCUT2D eigenvalue weighted by Crippen LogP contribution is -2.40. The predicted molar refractivity (Wildman–Crippen MR) is 86.9 cm³/mol. The van der Waals surface area contributed by atoms with Crippen molar-refractivity contribution >= 4 is 0 Å². The smallest absolute Gasteiger partial charge is 0.119 e. The van der Waals surface area contributed by atoms with Gasteiger partial charge in [-0.25, -0.2) is 0 Å². The summed E-state index contributed by atoms with van der Waals surface area (Å²) in [6.07, 6.45) is 6.47. The second kappa shape index (κ2) is 6.80. The van der Waals surface area contributed by atoms with Crippen LogP contribution in [-0.4, -0.2) is 37.7 Å². The molecule has 3 heteroatoms. The van der Waals surface area contributed by atoms with Crippen molar-refractivity contribution in [3.63, 3.8) is 0 Å². The van der Waals surface area contributed by atoms with Crippen LogP contribution in [0, 0.1) is 0 Å². The number of ether oxygens (including phenoxy) is 1. The Morgan fingerprint density at radius 2 is 2.10 bits per heavy atom. The Balaban J connectivity index is 1.64. The van der Waals surface area contributed by atoms with Crippen LogP contribution >= 0.6 is 0 Å². The molecule has 1 saturated heterocycles. The Morgan fingerprint density at radius 1 is 1.29 bits per heavy atom. The predicted octanol–water partition coefficient (Wildman–Crippen LogP) is 3.15. The lowest BCUT2D eigenvalue weighted by Gasteiger charge is -2.30. The van der Waals surface area contributed by atoms with Crippen LogP contribution in [0.2, 0.25) is 0 Å². The van der Waals surface area contributed by atoms with Gasteiger partial charge in [-0.2, -0.15) is 0 Å². The lowest BCUT2D eigenvalue weighted by molar-refractivity contribution is 0.243. The third-order valence-electron chi connectivity index (χ3n) is 5.09. The van der Waals surface area contributed by atoms with E-state index in [1.165, 1.54) is 56.3 Å². The summed E-state index contributed by atoms with van der Waals surface area (Å²) in [4.78, 5) is 2.61. The molecule has 1 N–H and O–H groups in total. The van der Waals surface area contributed by atoms with E-state index in [4.69, 9.17) is 4.74 Å². The number of aryl methyl sites for hydroxylation is 1. The maximum absolute atomic E-state index is 5.40. The average molecular weight is 288 g/mol.